The lowest BCUT2D eigenvalue weighted by Gasteiger charge is -2.34. The van der Waals surface area contributed by atoms with Gasteiger partial charge >= 0.3 is 6.18 Å². The molecule has 1 fully saturated rings. The highest BCUT2D eigenvalue weighted by molar-refractivity contribution is 7.92. The van der Waals surface area contributed by atoms with Crippen molar-refractivity contribution in [3.8, 4) is 0 Å². The maximum absolute atomic E-state index is 15.1. The van der Waals surface area contributed by atoms with Crippen LogP contribution in [0.5, 0.6) is 0 Å². The Morgan fingerprint density at radius 1 is 0.833 bits per heavy atom. The number of alkyl halides is 3. The van der Waals surface area contributed by atoms with Crippen LogP contribution < -0.4 is 9.62 Å². The van der Waals surface area contributed by atoms with Crippen molar-refractivity contribution in [2.24, 2.45) is 0 Å². The zero-order valence-electron chi connectivity index (χ0n) is 25.9. The number of amides is 2. The summed E-state index contributed by atoms with van der Waals surface area (Å²) in [5.41, 5.74) is -0.735. The summed E-state index contributed by atoms with van der Waals surface area (Å²) in [5.74, 6) is -2.04. The lowest BCUT2D eigenvalue weighted by Crippen LogP contribution is -2.54. The summed E-state index contributed by atoms with van der Waals surface area (Å²) in [6.07, 6.45) is -1.41. The minimum atomic E-state index is -4.79. The fourth-order valence-electron chi connectivity index (χ4n) is 5.82. The fraction of sp³-hybridized carbons (Fsp3) is 0.278. The second-order valence-electron chi connectivity index (χ2n) is 11.7. The summed E-state index contributed by atoms with van der Waals surface area (Å²) in [7, 11) is -4.61. The summed E-state index contributed by atoms with van der Waals surface area (Å²) >= 11 is 0. The van der Waals surface area contributed by atoms with Crippen LogP contribution in [0, 0.1) is 5.82 Å². The maximum Gasteiger partial charge on any atom is 0.416 e. The van der Waals surface area contributed by atoms with Gasteiger partial charge < -0.3 is 10.2 Å². The van der Waals surface area contributed by atoms with E-state index < -0.39 is 64.2 Å². The molecule has 1 aliphatic carbocycles. The summed E-state index contributed by atoms with van der Waals surface area (Å²) in [6.45, 7) is -1.36. The number of carbonyl (C=O) groups excluding carboxylic acids is 2. The SMILES string of the molecule is O=C(NC1CCCC1)[C@@H](Cc1ccccc1)N(Cc1ccccc1F)C(=O)CN(c1cccc(C(F)(F)F)c1)S(=O)(=O)c1ccccc1. The van der Waals surface area contributed by atoms with Crippen LogP contribution in [0.15, 0.2) is 114 Å². The van der Waals surface area contributed by atoms with Crippen molar-refractivity contribution in [1.82, 2.24) is 10.2 Å². The van der Waals surface area contributed by atoms with Gasteiger partial charge in [0.15, 0.2) is 0 Å². The summed E-state index contributed by atoms with van der Waals surface area (Å²) < 4.78 is 85.0. The van der Waals surface area contributed by atoms with Gasteiger partial charge in [0, 0.05) is 24.6 Å². The molecule has 0 heterocycles. The molecule has 4 aromatic rings. The van der Waals surface area contributed by atoms with E-state index >= 15 is 4.39 Å². The first-order valence-corrected chi connectivity index (χ1v) is 17.0. The quantitative estimate of drug-likeness (QED) is 0.168. The molecule has 0 saturated heterocycles. The molecule has 0 aromatic heterocycles. The lowest BCUT2D eigenvalue weighted by atomic mass is 10.0. The molecule has 5 rings (SSSR count). The monoisotopic (exact) mass is 681 g/mol. The smallest absolute Gasteiger partial charge is 0.352 e. The molecule has 0 spiro atoms. The standard InChI is InChI=1S/C36H35F4N3O4S/c37-32-21-10-7-14-27(32)24-42(33(22-26-12-3-1-4-13-26)35(45)41-29-16-8-9-17-29)34(44)25-43(48(46,47)31-19-5-2-6-20-31)30-18-11-15-28(23-30)36(38,39)40/h1-7,10-15,18-21,23,29,33H,8-9,16-17,22,24-25H2,(H,41,45)/t33-/m1/s1. The largest absolute Gasteiger partial charge is 0.416 e. The molecular weight excluding hydrogens is 646 g/mol. The van der Waals surface area contributed by atoms with E-state index in [1.807, 2.05) is 0 Å². The van der Waals surface area contributed by atoms with Crippen LogP contribution >= 0.6 is 0 Å². The Bertz CT molecular complexity index is 1820. The van der Waals surface area contributed by atoms with Gasteiger partial charge in [-0.2, -0.15) is 13.2 Å². The number of rotatable bonds is 12. The number of benzene rings is 4. The van der Waals surface area contributed by atoms with Crippen molar-refractivity contribution in [3.63, 3.8) is 0 Å². The second kappa shape index (κ2) is 15.0. The molecular formula is C36H35F4N3O4S. The van der Waals surface area contributed by atoms with Crippen LogP contribution in [0.2, 0.25) is 0 Å². The van der Waals surface area contributed by atoms with Crippen LogP contribution in [-0.2, 0) is 38.8 Å². The highest BCUT2D eigenvalue weighted by Crippen LogP contribution is 2.33. The Morgan fingerprint density at radius 2 is 1.46 bits per heavy atom. The molecule has 1 saturated carbocycles. The molecule has 1 N–H and O–H groups in total. The van der Waals surface area contributed by atoms with Gasteiger partial charge in [0.2, 0.25) is 11.8 Å². The van der Waals surface area contributed by atoms with E-state index in [0.717, 1.165) is 42.7 Å². The maximum atomic E-state index is 15.1. The second-order valence-corrected chi connectivity index (χ2v) is 13.5. The Hall–Kier alpha value is -4.71. The fourth-order valence-corrected chi connectivity index (χ4v) is 7.24. The van der Waals surface area contributed by atoms with E-state index in [-0.39, 0.29) is 22.9 Å². The number of halogens is 4. The molecule has 1 aliphatic rings. The molecule has 4 aromatic carbocycles. The third-order valence-corrected chi connectivity index (χ3v) is 10.1. The van der Waals surface area contributed by atoms with E-state index in [1.165, 1.54) is 48.5 Å². The van der Waals surface area contributed by atoms with E-state index in [2.05, 4.69) is 5.32 Å². The van der Waals surface area contributed by atoms with Crippen LogP contribution in [0.1, 0.15) is 42.4 Å². The minimum Gasteiger partial charge on any atom is -0.352 e. The van der Waals surface area contributed by atoms with Crippen LogP contribution in [0.4, 0.5) is 23.2 Å². The highest BCUT2D eigenvalue weighted by atomic mass is 32.2. The first-order chi connectivity index (χ1) is 22.9. The van der Waals surface area contributed by atoms with Crippen molar-refractivity contribution in [3.05, 3.63) is 132 Å². The van der Waals surface area contributed by atoms with Crippen LogP contribution in [0.3, 0.4) is 0 Å². The van der Waals surface area contributed by atoms with Crippen molar-refractivity contribution >= 4 is 27.5 Å². The molecule has 48 heavy (non-hydrogen) atoms. The third-order valence-electron chi connectivity index (χ3n) is 8.34. The highest BCUT2D eigenvalue weighted by Gasteiger charge is 2.37. The Kier molecular flexibility index (Phi) is 10.8. The summed E-state index contributed by atoms with van der Waals surface area (Å²) in [5, 5.41) is 3.02. The zero-order valence-corrected chi connectivity index (χ0v) is 26.8. The van der Waals surface area contributed by atoms with Crippen molar-refractivity contribution < 1.29 is 35.6 Å². The van der Waals surface area contributed by atoms with E-state index in [0.29, 0.717) is 15.9 Å². The van der Waals surface area contributed by atoms with Crippen LogP contribution in [0.25, 0.3) is 0 Å². The van der Waals surface area contributed by atoms with Gasteiger partial charge in [-0.25, -0.2) is 12.8 Å². The predicted octanol–water partition coefficient (Wildman–Crippen LogP) is 6.74. The molecule has 2 amide bonds. The van der Waals surface area contributed by atoms with Gasteiger partial charge in [-0.15, -0.1) is 0 Å². The molecule has 252 valence electrons. The van der Waals surface area contributed by atoms with Gasteiger partial charge in [-0.05, 0) is 54.8 Å². The zero-order chi connectivity index (χ0) is 34.3. The van der Waals surface area contributed by atoms with Gasteiger partial charge in [0.05, 0.1) is 16.1 Å². The van der Waals surface area contributed by atoms with Gasteiger partial charge in [0.25, 0.3) is 10.0 Å². The number of hydrogen-bond donors (Lipinski definition) is 1. The number of sulfonamides is 1. The first kappa shape index (κ1) is 34.6. The van der Waals surface area contributed by atoms with Crippen molar-refractivity contribution in [2.75, 3.05) is 10.8 Å². The van der Waals surface area contributed by atoms with E-state index in [1.54, 1.807) is 42.5 Å². The number of nitrogens with one attached hydrogen (secondary N) is 1. The van der Waals surface area contributed by atoms with Gasteiger partial charge in [-0.3, -0.25) is 13.9 Å². The molecule has 0 unspecified atom stereocenters. The topological polar surface area (TPSA) is 86.8 Å². The average Bonchev–Trinajstić information content (AvgIpc) is 3.59. The molecule has 7 nitrogen and oxygen atoms in total. The normalized spacial score (nSPS) is 14.3. The Labute approximate surface area is 277 Å². The third kappa shape index (κ3) is 8.41. The Morgan fingerprint density at radius 3 is 2.10 bits per heavy atom. The van der Waals surface area contributed by atoms with Crippen molar-refractivity contribution in [1.29, 1.82) is 0 Å². The number of nitrogens with zero attached hydrogens (tertiary/aromatic N) is 2. The first-order valence-electron chi connectivity index (χ1n) is 15.6. The summed E-state index contributed by atoms with van der Waals surface area (Å²) in [6, 6.07) is 23.9. The van der Waals surface area contributed by atoms with E-state index in [9.17, 15) is 31.2 Å². The van der Waals surface area contributed by atoms with Gasteiger partial charge in [-0.1, -0.05) is 85.6 Å². The van der Waals surface area contributed by atoms with E-state index in [4.69, 9.17) is 0 Å². The molecule has 1 atom stereocenters. The number of anilines is 1. The minimum absolute atomic E-state index is 0.0224. The Balaban J connectivity index is 1.60. The number of hydrogen-bond acceptors (Lipinski definition) is 4. The lowest BCUT2D eigenvalue weighted by molar-refractivity contribution is -0.140. The molecule has 0 aliphatic heterocycles. The number of carbonyl (C=O) groups is 2. The van der Waals surface area contributed by atoms with Crippen molar-refractivity contribution in [2.45, 2.75) is 61.8 Å². The van der Waals surface area contributed by atoms with Crippen LogP contribution in [-0.4, -0.2) is 43.8 Å². The molecule has 0 bridgehead atoms. The average molecular weight is 682 g/mol. The summed E-state index contributed by atoms with van der Waals surface area (Å²) in [4.78, 5) is 29.3. The van der Waals surface area contributed by atoms with Gasteiger partial charge in [0.1, 0.15) is 18.4 Å². The predicted molar refractivity (Wildman–Crippen MR) is 174 cm³/mol. The molecule has 0 radical (unpaired) electrons. The molecule has 12 heteroatoms.